The van der Waals surface area contributed by atoms with Crippen LogP contribution in [-0.2, 0) is 17.6 Å². The van der Waals surface area contributed by atoms with Gasteiger partial charge in [0.1, 0.15) is 14.7 Å². The number of fused-ring (bicyclic) bond motifs is 2. The third kappa shape index (κ3) is 3.83. The molecule has 0 radical (unpaired) electrons. The van der Waals surface area contributed by atoms with Gasteiger partial charge in [-0.2, -0.15) is 0 Å². The molecule has 3 aromatic rings. The van der Waals surface area contributed by atoms with Crippen molar-refractivity contribution in [2.75, 3.05) is 17.7 Å². The van der Waals surface area contributed by atoms with Crippen LogP contribution in [0.1, 0.15) is 73.5 Å². The molecule has 0 atom stereocenters. The third-order valence-electron chi connectivity index (χ3n) is 6.01. The summed E-state index contributed by atoms with van der Waals surface area (Å²) in [5.74, 6) is -0.678. The summed E-state index contributed by atoms with van der Waals surface area (Å²) in [6, 6.07) is 0. The van der Waals surface area contributed by atoms with Gasteiger partial charge in [-0.3, -0.25) is 4.79 Å². The van der Waals surface area contributed by atoms with Gasteiger partial charge in [-0.1, -0.05) is 6.42 Å². The van der Waals surface area contributed by atoms with Gasteiger partial charge in [-0.05, 0) is 70.1 Å². The number of ether oxygens (including phenoxy) is 1. The molecule has 8 heteroatoms. The lowest BCUT2D eigenvalue weighted by Crippen LogP contribution is -2.15. The molecule has 164 valence electrons. The molecular formula is C23H27N3O3S2. The fourth-order valence-corrected chi connectivity index (χ4v) is 6.52. The highest BCUT2D eigenvalue weighted by Crippen LogP contribution is 2.40. The van der Waals surface area contributed by atoms with Crippen LogP contribution in [0, 0.1) is 20.8 Å². The van der Waals surface area contributed by atoms with Gasteiger partial charge in [0.2, 0.25) is 0 Å². The smallest absolute Gasteiger partial charge is 0.341 e. The van der Waals surface area contributed by atoms with E-state index in [4.69, 9.17) is 10.5 Å². The number of thiophene rings is 2. The molecule has 1 aliphatic rings. The van der Waals surface area contributed by atoms with Crippen molar-refractivity contribution in [1.82, 2.24) is 4.98 Å². The quantitative estimate of drug-likeness (QED) is 0.395. The van der Waals surface area contributed by atoms with Crippen LogP contribution in [0.3, 0.4) is 0 Å². The molecule has 31 heavy (non-hydrogen) atoms. The van der Waals surface area contributed by atoms with E-state index in [0.29, 0.717) is 27.7 Å². The summed E-state index contributed by atoms with van der Waals surface area (Å²) >= 11 is 2.78. The Labute approximate surface area is 189 Å². The number of rotatable bonds is 4. The number of esters is 1. The molecule has 3 aromatic heterocycles. The van der Waals surface area contributed by atoms with Crippen molar-refractivity contribution in [1.29, 1.82) is 0 Å². The molecule has 1 aliphatic carbocycles. The fourth-order valence-electron chi connectivity index (χ4n) is 4.15. The van der Waals surface area contributed by atoms with Crippen LogP contribution < -0.4 is 11.1 Å². The highest BCUT2D eigenvalue weighted by atomic mass is 32.1. The number of pyridine rings is 1. The van der Waals surface area contributed by atoms with Gasteiger partial charge in [0.05, 0.1) is 17.9 Å². The van der Waals surface area contributed by atoms with E-state index < -0.39 is 0 Å². The topological polar surface area (TPSA) is 94.3 Å². The number of nitrogens with one attached hydrogen (secondary N) is 1. The van der Waals surface area contributed by atoms with E-state index in [1.807, 2.05) is 20.8 Å². The summed E-state index contributed by atoms with van der Waals surface area (Å²) in [7, 11) is 0. The van der Waals surface area contributed by atoms with Crippen molar-refractivity contribution in [3.05, 3.63) is 37.7 Å². The van der Waals surface area contributed by atoms with E-state index in [1.165, 1.54) is 27.6 Å². The maximum atomic E-state index is 13.2. The Morgan fingerprint density at radius 1 is 1.10 bits per heavy atom. The van der Waals surface area contributed by atoms with Crippen LogP contribution >= 0.6 is 22.7 Å². The van der Waals surface area contributed by atoms with Crippen molar-refractivity contribution < 1.29 is 14.3 Å². The summed E-state index contributed by atoms with van der Waals surface area (Å²) in [6.45, 7) is 8.06. The zero-order chi connectivity index (χ0) is 22.3. The maximum absolute atomic E-state index is 13.2. The second kappa shape index (κ2) is 8.59. The largest absolute Gasteiger partial charge is 0.462 e. The molecule has 3 heterocycles. The van der Waals surface area contributed by atoms with Crippen molar-refractivity contribution >= 4 is 55.5 Å². The van der Waals surface area contributed by atoms with Crippen LogP contribution in [-0.4, -0.2) is 23.5 Å². The average Bonchev–Trinajstić information content (AvgIpc) is 3.13. The second-order valence-corrected chi connectivity index (χ2v) is 10.0. The van der Waals surface area contributed by atoms with E-state index >= 15 is 0 Å². The fraction of sp³-hybridized carbons (Fsp3) is 0.435. The molecule has 0 fully saturated rings. The van der Waals surface area contributed by atoms with Crippen molar-refractivity contribution in [2.24, 2.45) is 0 Å². The van der Waals surface area contributed by atoms with E-state index in [0.717, 1.165) is 64.7 Å². The first kappa shape index (κ1) is 21.8. The Hall–Kier alpha value is -2.45. The predicted molar refractivity (Wildman–Crippen MR) is 128 cm³/mol. The lowest BCUT2D eigenvalue weighted by atomic mass is 10.0. The van der Waals surface area contributed by atoms with Crippen LogP contribution in [0.4, 0.5) is 10.7 Å². The molecular weight excluding hydrogens is 430 g/mol. The minimum Gasteiger partial charge on any atom is -0.462 e. The number of nitrogen functional groups attached to an aromatic ring is 1. The zero-order valence-corrected chi connectivity index (χ0v) is 19.9. The standard InChI is InChI=1S/C23H27N3O3S2/c1-5-29-23(28)17-14-9-7-6-8-10-15(14)30-22(17)26-20(27)19-18(24)16-12(3)11(2)13(4)25-21(16)31-19/h5-10,24H2,1-4H3,(H,26,27). The van der Waals surface area contributed by atoms with Gasteiger partial charge in [0, 0.05) is 16.0 Å². The highest BCUT2D eigenvalue weighted by molar-refractivity contribution is 7.21. The second-order valence-electron chi connectivity index (χ2n) is 7.92. The normalized spacial score (nSPS) is 13.7. The SMILES string of the molecule is CCOC(=O)c1c(NC(=O)c2sc3nc(C)c(C)c(C)c3c2N)sc2c1CCCCC2. The van der Waals surface area contributed by atoms with Gasteiger partial charge >= 0.3 is 5.97 Å². The molecule has 0 saturated carbocycles. The van der Waals surface area contributed by atoms with Gasteiger partial charge in [0.15, 0.2) is 0 Å². The summed E-state index contributed by atoms with van der Waals surface area (Å²) in [6.07, 6.45) is 5.04. The number of hydrogen-bond donors (Lipinski definition) is 2. The third-order valence-corrected chi connectivity index (χ3v) is 8.32. The van der Waals surface area contributed by atoms with E-state index in [-0.39, 0.29) is 11.9 Å². The van der Waals surface area contributed by atoms with Gasteiger partial charge in [0.25, 0.3) is 5.91 Å². The molecule has 0 bridgehead atoms. The van der Waals surface area contributed by atoms with Crippen molar-refractivity contribution in [3.8, 4) is 0 Å². The summed E-state index contributed by atoms with van der Waals surface area (Å²) < 4.78 is 5.32. The first-order valence-corrected chi connectivity index (χ1v) is 12.3. The first-order chi connectivity index (χ1) is 14.8. The van der Waals surface area contributed by atoms with Crippen LogP contribution in [0.25, 0.3) is 10.2 Å². The zero-order valence-electron chi connectivity index (χ0n) is 18.3. The van der Waals surface area contributed by atoms with Crippen LogP contribution in [0.2, 0.25) is 0 Å². The minimum atomic E-state index is -0.370. The lowest BCUT2D eigenvalue weighted by molar-refractivity contribution is 0.0527. The Bertz CT molecular complexity index is 1190. The van der Waals surface area contributed by atoms with Crippen molar-refractivity contribution in [2.45, 2.75) is 59.8 Å². The number of amides is 1. The lowest BCUT2D eigenvalue weighted by Gasteiger charge is -2.08. The number of carbonyl (C=O) groups is 2. The number of hydrogen-bond acceptors (Lipinski definition) is 7. The first-order valence-electron chi connectivity index (χ1n) is 10.6. The Morgan fingerprint density at radius 2 is 1.84 bits per heavy atom. The number of nitrogens with zero attached hydrogens (tertiary/aromatic N) is 1. The molecule has 0 aromatic carbocycles. The molecule has 4 rings (SSSR count). The minimum absolute atomic E-state index is 0.295. The van der Waals surface area contributed by atoms with Gasteiger partial charge < -0.3 is 15.8 Å². The molecule has 0 saturated heterocycles. The highest BCUT2D eigenvalue weighted by Gasteiger charge is 2.28. The summed E-state index contributed by atoms with van der Waals surface area (Å²) in [5.41, 5.74) is 11.4. The molecule has 1 amide bonds. The maximum Gasteiger partial charge on any atom is 0.341 e. The van der Waals surface area contributed by atoms with E-state index in [1.54, 1.807) is 6.92 Å². The summed E-state index contributed by atoms with van der Waals surface area (Å²) in [5, 5.41) is 4.37. The van der Waals surface area contributed by atoms with E-state index in [2.05, 4.69) is 10.3 Å². The molecule has 6 nitrogen and oxygen atoms in total. The van der Waals surface area contributed by atoms with E-state index in [9.17, 15) is 9.59 Å². The molecule has 0 spiro atoms. The predicted octanol–water partition coefficient (Wildman–Crippen LogP) is 5.56. The Morgan fingerprint density at radius 3 is 2.58 bits per heavy atom. The summed E-state index contributed by atoms with van der Waals surface area (Å²) in [4.78, 5) is 33.0. The number of carbonyl (C=O) groups excluding carboxylic acids is 2. The number of aryl methyl sites for hydroxylation is 3. The van der Waals surface area contributed by atoms with Crippen molar-refractivity contribution in [3.63, 3.8) is 0 Å². The van der Waals surface area contributed by atoms with Crippen LogP contribution in [0.5, 0.6) is 0 Å². The molecule has 0 unspecified atom stereocenters. The monoisotopic (exact) mass is 457 g/mol. The Kier molecular flexibility index (Phi) is 6.03. The number of aromatic nitrogens is 1. The molecule has 0 aliphatic heterocycles. The number of nitrogens with two attached hydrogens (primary N) is 1. The van der Waals surface area contributed by atoms with Crippen LogP contribution in [0.15, 0.2) is 0 Å². The Balaban J connectivity index is 1.74. The number of anilines is 2. The average molecular weight is 458 g/mol. The van der Waals surface area contributed by atoms with Gasteiger partial charge in [-0.15, -0.1) is 22.7 Å². The van der Waals surface area contributed by atoms with Gasteiger partial charge in [-0.25, -0.2) is 9.78 Å². The molecule has 3 N–H and O–H groups in total.